The van der Waals surface area contributed by atoms with Crippen LogP contribution in [0.5, 0.6) is 5.75 Å². The van der Waals surface area contributed by atoms with E-state index < -0.39 is 0 Å². The molecule has 1 heterocycles. The smallest absolute Gasteiger partial charge is 0.258 e. The van der Waals surface area contributed by atoms with E-state index in [1.165, 1.54) is 4.80 Å². The van der Waals surface area contributed by atoms with Crippen LogP contribution in [0.25, 0.3) is 16.7 Å². The van der Waals surface area contributed by atoms with Gasteiger partial charge in [-0.1, -0.05) is 18.2 Å². The number of carbonyl (C=O) groups excluding carboxylic acids is 1. The molecule has 0 aliphatic rings. The fraction of sp³-hybridized carbons (Fsp3) is 0.176. The number of aryl methyl sites for hydroxylation is 1. The number of nitrogens with one attached hydrogen (secondary N) is 1. The first kappa shape index (κ1) is 15.5. The third-order valence-corrected chi connectivity index (χ3v) is 3.34. The number of carbonyl (C=O) groups is 1. The van der Waals surface area contributed by atoms with Gasteiger partial charge in [-0.05, 0) is 36.8 Å². The molecule has 0 unspecified atom stereocenters. The molecule has 0 bridgehead atoms. The van der Waals surface area contributed by atoms with Crippen LogP contribution in [-0.4, -0.2) is 34.1 Å². The van der Waals surface area contributed by atoms with Crippen LogP contribution >= 0.6 is 0 Å². The molecule has 0 saturated carbocycles. The number of hydrogen-bond donors (Lipinski definition) is 1. The molecule has 0 aliphatic heterocycles. The van der Waals surface area contributed by atoms with Gasteiger partial charge in [0.1, 0.15) is 29.0 Å². The molecule has 1 amide bonds. The molecule has 0 radical (unpaired) electrons. The van der Waals surface area contributed by atoms with Gasteiger partial charge in [0.25, 0.3) is 5.91 Å². The first-order valence-corrected chi connectivity index (χ1v) is 7.37. The van der Waals surface area contributed by atoms with E-state index in [0.29, 0.717) is 11.4 Å². The maximum absolute atomic E-state index is 11.6. The van der Waals surface area contributed by atoms with Gasteiger partial charge in [-0.25, -0.2) is 0 Å². The van der Waals surface area contributed by atoms with Gasteiger partial charge in [-0.15, -0.1) is 15.0 Å². The number of aromatic nitrogens is 3. The van der Waals surface area contributed by atoms with Gasteiger partial charge in [0, 0.05) is 0 Å². The highest BCUT2D eigenvalue weighted by atomic mass is 16.5. The first-order chi connectivity index (χ1) is 11.7. The molecular formula is C17H15N5O2. The molecule has 7 heteroatoms. The highest BCUT2D eigenvalue weighted by molar-refractivity contribution is 5.78. The Hall–Kier alpha value is -3.40. The van der Waals surface area contributed by atoms with Crippen molar-refractivity contribution in [2.75, 3.05) is 13.2 Å². The van der Waals surface area contributed by atoms with E-state index >= 15 is 0 Å². The topological polar surface area (TPSA) is 92.8 Å². The average molecular weight is 321 g/mol. The second-order valence-electron chi connectivity index (χ2n) is 5.17. The normalized spacial score (nSPS) is 10.3. The van der Waals surface area contributed by atoms with E-state index in [2.05, 4.69) is 15.5 Å². The Morgan fingerprint density at radius 3 is 2.62 bits per heavy atom. The molecule has 2 aromatic carbocycles. The molecule has 0 spiro atoms. The zero-order chi connectivity index (χ0) is 16.9. The summed E-state index contributed by atoms with van der Waals surface area (Å²) in [4.78, 5) is 13.1. The molecule has 3 aromatic rings. The maximum Gasteiger partial charge on any atom is 0.258 e. The zero-order valence-corrected chi connectivity index (χ0v) is 13.1. The highest BCUT2D eigenvalue weighted by Gasteiger charge is 2.12. The number of benzene rings is 2. The molecule has 0 saturated heterocycles. The Balaban J connectivity index is 1.88. The van der Waals surface area contributed by atoms with Crippen molar-refractivity contribution in [3.8, 4) is 17.5 Å². The van der Waals surface area contributed by atoms with Crippen LogP contribution in [0.15, 0.2) is 42.5 Å². The van der Waals surface area contributed by atoms with E-state index in [4.69, 9.17) is 10.00 Å². The van der Waals surface area contributed by atoms with Crippen molar-refractivity contribution in [3.63, 3.8) is 0 Å². The van der Waals surface area contributed by atoms with Gasteiger partial charge < -0.3 is 10.1 Å². The Kier molecular flexibility index (Phi) is 4.38. The van der Waals surface area contributed by atoms with Gasteiger partial charge in [0.2, 0.25) is 0 Å². The standard InChI is InChI=1S/C17H15N5O2/c1-12-6-7-16(24-11-17(23)19-9-8-18)15(10-12)22-20-13-4-2-3-5-14(13)21-22/h2-7,10H,9,11H2,1H3,(H,19,23). The number of ether oxygens (including phenoxy) is 1. The zero-order valence-electron chi connectivity index (χ0n) is 13.1. The summed E-state index contributed by atoms with van der Waals surface area (Å²) in [5.74, 6) is 0.134. The quantitative estimate of drug-likeness (QED) is 0.723. The van der Waals surface area contributed by atoms with Crippen molar-refractivity contribution in [2.24, 2.45) is 0 Å². The summed E-state index contributed by atoms with van der Waals surface area (Å²) < 4.78 is 5.58. The van der Waals surface area contributed by atoms with Crippen LogP contribution in [0.2, 0.25) is 0 Å². The summed E-state index contributed by atoms with van der Waals surface area (Å²) >= 11 is 0. The van der Waals surface area contributed by atoms with Gasteiger partial charge in [0.15, 0.2) is 6.61 Å². The first-order valence-electron chi connectivity index (χ1n) is 7.37. The number of fused-ring (bicyclic) bond motifs is 1. The van der Waals surface area contributed by atoms with Gasteiger partial charge >= 0.3 is 0 Å². The van der Waals surface area contributed by atoms with E-state index in [9.17, 15) is 4.79 Å². The van der Waals surface area contributed by atoms with Gasteiger partial charge in [-0.2, -0.15) is 5.26 Å². The highest BCUT2D eigenvalue weighted by Crippen LogP contribution is 2.24. The fourth-order valence-corrected chi connectivity index (χ4v) is 2.21. The monoisotopic (exact) mass is 321 g/mol. The van der Waals surface area contributed by atoms with Crippen molar-refractivity contribution in [3.05, 3.63) is 48.0 Å². The summed E-state index contributed by atoms with van der Waals surface area (Å²) in [5, 5.41) is 19.8. The van der Waals surface area contributed by atoms with Crippen molar-refractivity contribution in [1.82, 2.24) is 20.3 Å². The molecular weight excluding hydrogens is 306 g/mol. The van der Waals surface area contributed by atoms with Crippen LogP contribution in [0, 0.1) is 18.3 Å². The minimum absolute atomic E-state index is 0.0466. The molecule has 0 fully saturated rings. The lowest BCUT2D eigenvalue weighted by atomic mass is 10.2. The molecule has 0 aliphatic carbocycles. The molecule has 120 valence electrons. The second kappa shape index (κ2) is 6.79. The third kappa shape index (κ3) is 3.33. The van der Waals surface area contributed by atoms with E-state index in [0.717, 1.165) is 16.6 Å². The minimum Gasteiger partial charge on any atom is -0.481 e. The molecule has 1 N–H and O–H groups in total. The lowest BCUT2D eigenvalue weighted by Crippen LogP contribution is -2.29. The third-order valence-electron chi connectivity index (χ3n) is 3.34. The summed E-state index contributed by atoms with van der Waals surface area (Å²) in [7, 11) is 0. The maximum atomic E-state index is 11.6. The number of nitrogens with zero attached hydrogens (tertiary/aromatic N) is 4. The summed E-state index contributed by atoms with van der Waals surface area (Å²) in [6.45, 7) is 1.73. The number of amides is 1. The summed E-state index contributed by atoms with van der Waals surface area (Å²) in [6.07, 6.45) is 0. The average Bonchev–Trinajstić information content (AvgIpc) is 3.02. The number of rotatable bonds is 5. The number of hydrogen-bond acceptors (Lipinski definition) is 5. The predicted molar refractivity (Wildman–Crippen MR) is 87.7 cm³/mol. The van der Waals surface area contributed by atoms with Crippen LogP contribution in [0.4, 0.5) is 0 Å². The van der Waals surface area contributed by atoms with Crippen LogP contribution < -0.4 is 10.1 Å². The molecule has 3 rings (SSSR count). The Morgan fingerprint density at radius 1 is 1.25 bits per heavy atom. The van der Waals surface area contributed by atoms with Gasteiger partial charge in [0.05, 0.1) is 6.07 Å². The fourth-order valence-electron chi connectivity index (χ4n) is 2.21. The predicted octanol–water partition coefficient (Wildman–Crippen LogP) is 1.75. The molecule has 7 nitrogen and oxygen atoms in total. The molecule has 1 aromatic heterocycles. The lowest BCUT2D eigenvalue weighted by molar-refractivity contribution is -0.122. The largest absolute Gasteiger partial charge is 0.481 e. The van der Waals surface area contributed by atoms with Crippen LogP contribution in [0.3, 0.4) is 0 Å². The van der Waals surface area contributed by atoms with Crippen LogP contribution in [-0.2, 0) is 4.79 Å². The minimum atomic E-state index is -0.360. The molecule has 0 atom stereocenters. The van der Waals surface area contributed by atoms with Crippen molar-refractivity contribution < 1.29 is 9.53 Å². The van der Waals surface area contributed by atoms with Crippen molar-refractivity contribution in [1.29, 1.82) is 5.26 Å². The Morgan fingerprint density at radius 2 is 1.96 bits per heavy atom. The van der Waals surface area contributed by atoms with Crippen molar-refractivity contribution >= 4 is 16.9 Å². The SMILES string of the molecule is Cc1ccc(OCC(=O)NCC#N)c(-n2nc3ccccc3n2)c1. The van der Waals surface area contributed by atoms with E-state index in [1.807, 2.05) is 49.4 Å². The van der Waals surface area contributed by atoms with Gasteiger partial charge in [-0.3, -0.25) is 4.79 Å². The summed E-state index contributed by atoms with van der Waals surface area (Å²) in [5.41, 5.74) is 3.22. The second-order valence-corrected chi connectivity index (χ2v) is 5.17. The summed E-state index contributed by atoms with van der Waals surface area (Å²) in [6, 6.07) is 14.9. The number of nitriles is 1. The van der Waals surface area contributed by atoms with Crippen LogP contribution in [0.1, 0.15) is 5.56 Å². The van der Waals surface area contributed by atoms with Crippen molar-refractivity contribution in [2.45, 2.75) is 6.92 Å². The van der Waals surface area contributed by atoms with E-state index in [-0.39, 0.29) is 19.1 Å². The van der Waals surface area contributed by atoms with E-state index in [1.54, 1.807) is 6.07 Å². The lowest BCUT2D eigenvalue weighted by Gasteiger charge is -2.11. The molecule has 24 heavy (non-hydrogen) atoms. The Labute approximate surface area is 138 Å². The Bertz CT molecular complexity index is 893.